The van der Waals surface area contributed by atoms with E-state index in [0.717, 1.165) is 35.4 Å². The van der Waals surface area contributed by atoms with Crippen LogP contribution in [0.4, 0.5) is 0 Å². The summed E-state index contributed by atoms with van der Waals surface area (Å²) in [6.45, 7) is 0.541. The van der Waals surface area contributed by atoms with Crippen molar-refractivity contribution >= 4 is 0 Å². The molecule has 1 aromatic carbocycles. The molecule has 1 aliphatic heterocycles. The fourth-order valence-corrected chi connectivity index (χ4v) is 3.22. The number of nitrogens with zero attached hydrogens (tertiary/aromatic N) is 1. The Bertz CT molecular complexity index is 696. The smallest absolute Gasteiger partial charge is 0.129 e. The van der Waals surface area contributed by atoms with Gasteiger partial charge in [-0.1, -0.05) is 0 Å². The Morgan fingerprint density at radius 1 is 1.35 bits per heavy atom. The van der Waals surface area contributed by atoms with E-state index < -0.39 is 0 Å². The minimum Gasteiger partial charge on any atom is -0.508 e. The highest BCUT2D eigenvalue weighted by molar-refractivity contribution is 5.74. The lowest BCUT2D eigenvalue weighted by Gasteiger charge is -2.22. The summed E-state index contributed by atoms with van der Waals surface area (Å²) >= 11 is 0. The van der Waals surface area contributed by atoms with E-state index in [2.05, 4.69) is 4.98 Å². The van der Waals surface area contributed by atoms with Gasteiger partial charge in [0.2, 0.25) is 0 Å². The Balaban J connectivity index is 1.92. The molecule has 2 heterocycles. The average molecular weight is 269 g/mol. The largest absolute Gasteiger partial charge is 0.508 e. The summed E-state index contributed by atoms with van der Waals surface area (Å²) in [5.74, 6) is 1.02. The molecule has 20 heavy (non-hydrogen) atoms. The Morgan fingerprint density at radius 2 is 2.25 bits per heavy atom. The molecular formula is C16H15NO3. The van der Waals surface area contributed by atoms with Crippen LogP contribution in [-0.2, 0) is 17.8 Å². The fraction of sp³-hybridized carbons (Fsp3) is 0.312. The average Bonchev–Trinajstić information content (AvgIpc) is 2.90. The van der Waals surface area contributed by atoms with Crippen molar-refractivity contribution in [1.82, 2.24) is 4.98 Å². The molecule has 0 fully saturated rings. The van der Waals surface area contributed by atoms with Crippen molar-refractivity contribution in [2.24, 2.45) is 0 Å². The first-order valence-corrected chi connectivity index (χ1v) is 6.77. The van der Waals surface area contributed by atoms with Crippen LogP contribution in [0.25, 0.3) is 11.3 Å². The van der Waals surface area contributed by atoms with Crippen molar-refractivity contribution in [3.63, 3.8) is 0 Å². The predicted octanol–water partition coefficient (Wildman–Crippen LogP) is 2.98. The van der Waals surface area contributed by atoms with E-state index in [1.807, 2.05) is 6.20 Å². The summed E-state index contributed by atoms with van der Waals surface area (Å²) in [6, 6.07) is 5.15. The molecule has 102 valence electrons. The first-order valence-electron chi connectivity index (χ1n) is 6.77. The highest BCUT2D eigenvalue weighted by Gasteiger charge is 2.30. The van der Waals surface area contributed by atoms with Crippen LogP contribution >= 0.6 is 0 Å². The van der Waals surface area contributed by atoms with Crippen LogP contribution in [0.5, 0.6) is 11.5 Å². The number of phenolic OH excluding ortho intramolecular Hbond substituents is 1. The highest BCUT2D eigenvalue weighted by Crippen LogP contribution is 2.43. The van der Waals surface area contributed by atoms with Crippen LogP contribution in [0, 0.1) is 0 Å². The second-order valence-electron chi connectivity index (χ2n) is 5.25. The summed E-state index contributed by atoms with van der Waals surface area (Å²) in [5.41, 5.74) is 5.42. The number of pyridine rings is 1. The maximum Gasteiger partial charge on any atom is 0.129 e. The van der Waals surface area contributed by atoms with Crippen molar-refractivity contribution < 1.29 is 14.6 Å². The van der Waals surface area contributed by atoms with Gasteiger partial charge in [0.25, 0.3) is 0 Å². The van der Waals surface area contributed by atoms with Crippen LogP contribution in [0.2, 0.25) is 0 Å². The number of phenols is 1. The monoisotopic (exact) mass is 269 g/mol. The Kier molecular flexibility index (Phi) is 2.47. The Hall–Kier alpha value is -2.07. The van der Waals surface area contributed by atoms with Crippen molar-refractivity contribution in [3.05, 3.63) is 41.1 Å². The van der Waals surface area contributed by atoms with E-state index >= 15 is 0 Å². The number of aromatic hydroxyl groups is 1. The number of fused-ring (bicyclic) bond motifs is 5. The molecule has 0 bridgehead atoms. The van der Waals surface area contributed by atoms with E-state index in [-0.39, 0.29) is 11.9 Å². The van der Waals surface area contributed by atoms with Gasteiger partial charge in [-0.2, -0.15) is 0 Å². The van der Waals surface area contributed by atoms with Crippen LogP contribution in [0.15, 0.2) is 24.4 Å². The molecule has 4 nitrogen and oxygen atoms in total. The Labute approximate surface area is 117 Å². The zero-order valence-electron chi connectivity index (χ0n) is 11.2. The third-order valence-corrected chi connectivity index (χ3v) is 4.21. The minimum atomic E-state index is 0.147. The number of hydrogen-bond donors (Lipinski definition) is 1. The van der Waals surface area contributed by atoms with Crippen molar-refractivity contribution in [2.75, 3.05) is 7.11 Å². The van der Waals surface area contributed by atoms with E-state index in [1.165, 1.54) is 11.1 Å². The van der Waals surface area contributed by atoms with Gasteiger partial charge in [-0.3, -0.25) is 4.98 Å². The molecule has 1 aromatic heterocycles. The molecule has 0 saturated heterocycles. The molecule has 0 amide bonds. The molecule has 0 spiro atoms. The summed E-state index contributed by atoms with van der Waals surface area (Å²) in [5, 5.41) is 9.68. The summed E-state index contributed by atoms with van der Waals surface area (Å²) < 4.78 is 11.3. The molecule has 4 heteroatoms. The summed E-state index contributed by atoms with van der Waals surface area (Å²) in [6.07, 6.45) is 4.05. The zero-order chi connectivity index (χ0) is 13.7. The van der Waals surface area contributed by atoms with Gasteiger partial charge in [0.05, 0.1) is 11.8 Å². The second-order valence-corrected chi connectivity index (χ2v) is 5.25. The van der Waals surface area contributed by atoms with Gasteiger partial charge >= 0.3 is 0 Å². The van der Waals surface area contributed by atoms with Gasteiger partial charge in [0.15, 0.2) is 0 Å². The van der Waals surface area contributed by atoms with Crippen LogP contribution in [0.1, 0.15) is 29.2 Å². The van der Waals surface area contributed by atoms with E-state index in [0.29, 0.717) is 6.61 Å². The van der Waals surface area contributed by atoms with Crippen LogP contribution in [0.3, 0.4) is 0 Å². The van der Waals surface area contributed by atoms with E-state index in [1.54, 1.807) is 25.3 Å². The van der Waals surface area contributed by atoms with Gasteiger partial charge in [-0.25, -0.2) is 0 Å². The maximum absolute atomic E-state index is 9.68. The number of hydrogen-bond acceptors (Lipinski definition) is 4. The van der Waals surface area contributed by atoms with Crippen molar-refractivity contribution in [2.45, 2.75) is 25.6 Å². The van der Waals surface area contributed by atoms with Crippen LogP contribution < -0.4 is 4.74 Å². The van der Waals surface area contributed by atoms with Gasteiger partial charge in [0.1, 0.15) is 18.1 Å². The van der Waals surface area contributed by atoms with Gasteiger partial charge < -0.3 is 14.6 Å². The normalized spacial score (nSPS) is 18.9. The summed E-state index contributed by atoms with van der Waals surface area (Å²) in [7, 11) is 1.74. The molecule has 2 aromatic rings. The highest BCUT2D eigenvalue weighted by atomic mass is 16.5. The van der Waals surface area contributed by atoms with Gasteiger partial charge in [-0.05, 0) is 36.6 Å². The number of ether oxygens (including phenoxy) is 2. The zero-order valence-corrected chi connectivity index (χ0v) is 11.2. The third kappa shape index (κ3) is 1.55. The van der Waals surface area contributed by atoms with Crippen LogP contribution in [-0.4, -0.2) is 17.2 Å². The lowest BCUT2D eigenvalue weighted by Crippen LogP contribution is -2.10. The standard InChI is InChI=1S/C16H15NO3/c1-19-14-5-3-10-12(14)7-17-16-11-6-9(18)2-4-15(11)20-8-13(10)16/h2,4,6-7,14,18H,3,5,8H2,1H3/t14-/m0/s1. The van der Waals surface area contributed by atoms with E-state index in [9.17, 15) is 5.11 Å². The molecule has 4 rings (SSSR count). The SMILES string of the molecule is CO[C@H]1CCc2c1cnc1c2COc2ccc(O)cc2-1. The lowest BCUT2D eigenvalue weighted by molar-refractivity contribution is 0.105. The minimum absolute atomic E-state index is 0.147. The van der Waals surface area contributed by atoms with Crippen molar-refractivity contribution in [3.8, 4) is 22.8 Å². The molecular weight excluding hydrogens is 254 g/mol. The third-order valence-electron chi connectivity index (χ3n) is 4.21. The topological polar surface area (TPSA) is 51.6 Å². The number of rotatable bonds is 1. The number of methoxy groups -OCH3 is 1. The Morgan fingerprint density at radius 3 is 3.10 bits per heavy atom. The summed E-state index contributed by atoms with van der Waals surface area (Å²) in [4.78, 5) is 4.60. The first-order chi connectivity index (χ1) is 9.78. The first kappa shape index (κ1) is 11.7. The molecule has 0 radical (unpaired) electrons. The molecule has 1 aliphatic carbocycles. The van der Waals surface area contributed by atoms with E-state index in [4.69, 9.17) is 9.47 Å². The molecule has 1 N–H and O–H groups in total. The second kappa shape index (κ2) is 4.21. The van der Waals surface area contributed by atoms with Crippen molar-refractivity contribution in [1.29, 1.82) is 0 Å². The quantitative estimate of drug-likeness (QED) is 0.864. The lowest BCUT2D eigenvalue weighted by atomic mass is 9.96. The maximum atomic E-state index is 9.68. The molecule has 2 aliphatic rings. The number of benzene rings is 1. The van der Waals surface area contributed by atoms with Gasteiger partial charge in [0, 0.05) is 30.0 Å². The molecule has 0 unspecified atom stereocenters. The van der Waals surface area contributed by atoms with Gasteiger partial charge in [-0.15, -0.1) is 0 Å². The molecule has 1 atom stereocenters. The number of aromatic nitrogens is 1. The predicted molar refractivity (Wildman–Crippen MR) is 73.7 cm³/mol. The molecule has 0 saturated carbocycles. The fourth-order valence-electron chi connectivity index (χ4n) is 3.22.